The van der Waals surface area contributed by atoms with Crippen molar-refractivity contribution in [2.45, 2.75) is 49.1 Å². The molecule has 0 saturated heterocycles. The molecule has 2 fully saturated rings. The van der Waals surface area contributed by atoms with Crippen molar-refractivity contribution >= 4 is 45.6 Å². The number of hydrogen-bond acceptors (Lipinski definition) is 4. The molecule has 2 heterocycles. The molecule has 0 unspecified atom stereocenters. The SMILES string of the molecule is c1ccc2c(c1)nc(SCCSc1nc3ccccc3n1CC1CC1)n2CC1CC1. The molecule has 2 aromatic carbocycles. The van der Waals surface area contributed by atoms with Gasteiger partial charge in [-0.05, 0) is 61.8 Å². The Balaban J connectivity index is 1.16. The Hall–Kier alpha value is -1.92. The quantitative estimate of drug-likeness (QED) is 0.236. The van der Waals surface area contributed by atoms with Crippen LogP contribution in [0.1, 0.15) is 25.7 Å². The molecular weight excluding hydrogens is 408 g/mol. The van der Waals surface area contributed by atoms with Crippen LogP contribution in [0.15, 0.2) is 58.8 Å². The topological polar surface area (TPSA) is 35.6 Å². The van der Waals surface area contributed by atoms with Crippen molar-refractivity contribution in [2.24, 2.45) is 11.8 Å². The van der Waals surface area contributed by atoms with Crippen LogP contribution in [0, 0.1) is 11.8 Å². The zero-order valence-electron chi connectivity index (χ0n) is 17.0. The smallest absolute Gasteiger partial charge is 0.169 e. The lowest BCUT2D eigenvalue weighted by Crippen LogP contribution is -2.03. The van der Waals surface area contributed by atoms with Crippen LogP contribution in [0.3, 0.4) is 0 Å². The van der Waals surface area contributed by atoms with Gasteiger partial charge in [0.05, 0.1) is 22.1 Å². The standard InChI is InChI=1S/C24H26N4S2/c1-3-7-21-19(5-1)25-23(27(21)15-17-9-10-17)29-13-14-30-24-26-20-6-2-4-8-22(20)28(24)16-18-11-12-18/h1-8,17-18H,9-16H2. The van der Waals surface area contributed by atoms with E-state index in [2.05, 4.69) is 57.7 Å². The van der Waals surface area contributed by atoms with Crippen LogP contribution in [0.5, 0.6) is 0 Å². The summed E-state index contributed by atoms with van der Waals surface area (Å²) < 4.78 is 4.90. The third kappa shape index (κ3) is 3.87. The van der Waals surface area contributed by atoms with Crippen LogP contribution in [0.4, 0.5) is 0 Å². The summed E-state index contributed by atoms with van der Waals surface area (Å²) in [4.78, 5) is 9.87. The van der Waals surface area contributed by atoms with Crippen molar-refractivity contribution in [3.8, 4) is 0 Å². The summed E-state index contributed by atoms with van der Waals surface area (Å²) in [6.07, 6.45) is 5.46. The number of fused-ring (bicyclic) bond motifs is 2. The summed E-state index contributed by atoms with van der Waals surface area (Å²) in [5.74, 6) is 3.79. The number of aromatic nitrogens is 4. The summed E-state index contributed by atoms with van der Waals surface area (Å²) in [5, 5.41) is 2.35. The number of thioether (sulfide) groups is 2. The van der Waals surface area contributed by atoms with Crippen molar-refractivity contribution in [2.75, 3.05) is 11.5 Å². The monoisotopic (exact) mass is 434 g/mol. The van der Waals surface area contributed by atoms with E-state index in [0.29, 0.717) is 0 Å². The molecule has 6 heteroatoms. The van der Waals surface area contributed by atoms with Crippen molar-refractivity contribution in [3.05, 3.63) is 48.5 Å². The van der Waals surface area contributed by atoms with Crippen molar-refractivity contribution in [3.63, 3.8) is 0 Å². The second-order valence-electron chi connectivity index (χ2n) is 8.57. The molecule has 0 bridgehead atoms. The highest BCUT2D eigenvalue weighted by Crippen LogP contribution is 2.36. The minimum Gasteiger partial charge on any atom is -0.319 e. The zero-order valence-corrected chi connectivity index (χ0v) is 18.7. The fourth-order valence-electron chi connectivity index (χ4n) is 4.06. The van der Waals surface area contributed by atoms with Gasteiger partial charge >= 0.3 is 0 Å². The van der Waals surface area contributed by atoms with Gasteiger partial charge in [-0.1, -0.05) is 47.8 Å². The Bertz CT molecular complexity index is 1090. The fraction of sp³-hybridized carbons (Fsp3) is 0.417. The van der Waals surface area contributed by atoms with Gasteiger partial charge in [0.25, 0.3) is 0 Å². The van der Waals surface area contributed by atoms with E-state index in [1.54, 1.807) is 0 Å². The summed E-state index contributed by atoms with van der Waals surface area (Å²) in [6.45, 7) is 2.24. The van der Waals surface area contributed by atoms with Gasteiger partial charge in [-0.25, -0.2) is 9.97 Å². The highest BCUT2D eigenvalue weighted by atomic mass is 32.2. The van der Waals surface area contributed by atoms with Crippen LogP contribution >= 0.6 is 23.5 Å². The molecule has 2 aromatic heterocycles. The van der Waals surface area contributed by atoms with Gasteiger partial charge in [-0.3, -0.25) is 0 Å². The van der Waals surface area contributed by atoms with E-state index in [1.807, 2.05) is 23.5 Å². The molecule has 2 aliphatic carbocycles. The van der Waals surface area contributed by atoms with Gasteiger partial charge in [-0.15, -0.1) is 0 Å². The summed E-state index contributed by atoms with van der Waals surface area (Å²) in [5.41, 5.74) is 4.82. The lowest BCUT2D eigenvalue weighted by molar-refractivity contribution is 0.594. The van der Waals surface area contributed by atoms with E-state index in [-0.39, 0.29) is 0 Å². The molecule has 2 aliphatic rings. The predicted octanol–water partition coefficient (Wildman–Crippen LogP) is 6.09. The Morgan fingerprint density at radius 3 is 1.53 bits per heavy atom. The molecule has 0 spiro atoms. The first-order valence-corrected chi connectivity index (χ1v) is 13.0. The number of benzene rings is 2. The largest absolute Gasteiger partial charge is 0.319 e. The molecular formula is C24H26N4S2. The Morgan fingerprint density at radius 1 is 0.667 bits per heavy atom. The van der Waals surface area contributed by atoms with E-state index in [9.17, 15) is 0 Å². The highest BCUT2D eigenvalue weighted by molar-refractivity contribution is 8.02. The minimum atomic E-state index is 0.846. The molecule has 154 valence electrons. The van der Waals surface area contributed by atoms with Crippen LogP contribution in [-0.4, -0.2) is 30.6 Å². The van der Waals surface area contributed by atoms with Crippen molar-refractivity contribution in [1.29, 1.82) is 0 Å². The van der Waals surface area contributed by atoms with Crippen molar-refractivity contribution < 1.29 is 0 Å². The predicted molar refractivity (Wildman–Crippen MR) is 126 cm³/mol. The molecule has 0 aliphatic heterocycles. The number of rotatable bonds is 9. The summed E-state index contributed by atoms with van der Waals surface area (Å²) >= 11 is 3.79. The molecule has 30 heavy (non-hydrogen) atoms. The van der Waals surface area contributed by atoms with Crippen LogP contribution in [0.2, 0.25) is 0 Å². The third-order valence-corrected chi connectivity index (χ3v) is 8.27. The Morgan fingerprint density at radius 2 is 1.10 bits per heavy atom. The minimum absolute atomic E-state index is 0.846. The molecule has 6 rings (SSSR count). The third-order valence-electron chi connectivity index (χ3n) is 6.06. The normalized spacial score (nSPS) is 16.7. The molecule has 4 aromatic rings. The average Bonchev–Trinajstić information content (AvgIpc) is 3.69. The maximum absolute atomic E-state index is 4.93. The zero-order chi connectivity index (χ0) is 19.9. The fourth-order valence-corrected chi connectivity index (χ4v) is 6.08. The van der Waals surface area contributed by atoms with Crippen LogP contribution in [0.25, 0.3) is 22.1 Å². The van der Waals surface area contributed by atoms with E-state index in [4.69, 9.17) is 9.97 Å². The first-order chi connectivity index (χ1) is 14.8. The van der Waals surface area contributed by atoms with Gasteiger partial charge in [0.15, 0.2) is 10.3 Å². The first-order valence-electron chi connectivity index (χ1n) is 11.0. The van der Waals surface area contributed by atoms with E-state index < -0.39 is 0 Å². The molecule has 0 N–H and O–H groups in total. The average molecular weight is 435 g/mol. The van der Waals surface area contributed by atoms with Gasteiger partial charge in [0.1, 0.15) is 0 Å². The summed E-state index contributed by atoms with van der Waals surface area (Å²) in [6, 6.07) is 17.1. The van der Waals surface area contributed by atoms with E-state index >= 15 is 0 Å². The van der Waals surface area contributed by atoms with Gasteiger partial charge in [0, 0.05) is 24.6 Å². The number of imidazole rings is 2. The molecule has 0 radical (unpaired) electrons. The Labute approximate surface area is 185 Å². The molecule has 4 nitrogen and oxygen atoms in total. The molecule has 0 atom stereocenters. The van der Waals surface area contributed by atoms with E-state index in [1.165, 1.54) is 47.0 Å². The maximum atomic E-state index is 4.93. The van der Waals surface area contributed by atoms with Crippen LogP contribution in [-0.2, 0) is 13.1 Å². The lowest BCUT2D eigenvalue weighted by atomic mass is 10.3. The number of hydrogen-bond donors (Lipinski definition) is 0. The second kappa shape index (κ2) is 7.97. The molecule has 0 amide bonds. The van der Waals surface area contributed by atoms with Crippen molar-refractivity contribution in [1.82, 2.24) is 19.1 Å². The maximum Gasteiger partial charge on any atom is 0.169 e. The number of para-hydroxylation sites is 4. The van der Waals surface area contributed by atoms with E-state index in [0.717, 1.165) is 47.5 Å². The number of nitrogens with zero attached hydrogens (tertiary/aromatic N) is 4. The second-order valence-corrected chi connectivity index (χ2v) is 10.7. The first kappa shape index (κ1) is 18.8. The van der Waals surface area contributed by atoms with Gasteiger partial charge in [-0.2, -0.15) is 0 Å². The Kier molecular flexibility index (Phi) is 5.00. The van der Waals surface area contributed by atoms with Gasteiger partial charge < -0.3 is 9.13 Å². The lowest BCUT2D eigenvalue weighted by Gasteiger charge is -2.09. The van der Waals surface area contributed by atoms with Gasteiger partial charge in [0.2, 0.25) is 0 Å². The summed E-state index contributed by atoms with van der Waals surface area (Å²) in [7, 11) is 0. The van der Waals surface area contributed by atoms with Crippen LogP contribution < -0.4 is 0 Å². The highest BCUT2D eigenvalue weighted by Gasteiger charge is 2.25. The molecule has 2 saturated carbocycles.